The Morgan fingerprint density at radius 3 is 2.59 bits per heavy atom. The second-order valence-corrected chi connectivity index (χ2v) is 3.23. The molecule has 0 aliphatic heterocycles. The third-order valence-electron chi connectivity index (χ3n) is 2.21. The number of carbonyl (C=O) groups excluding carboxylic acids is 1. The van der Waals surface area contributed by atoms with Crippen LogP contribution in [0.1, 0.15) is 10.4 Å². The van der Waals surface area contributed by atoms with Crippen LogP contribution in [0, 0.1) is 5.82 Å². The van der Waals surface area contributed by atoms with Crippen molar-refractivity contribution in [3.05, 3.63) is 48.0 Å². The number of methoxy groups -OCH3 is 1. The molecule has 0 N–H and O–H groups in total. The summed E-state index contributed by atoms with van der Waals surface area (Å²) in [5, 5.41) is 0. The van der Waals surface area contributed by atoms with E-state index in [-0.39, 0.29) is 17.0 Å². The van der Waals surface area contributed by atoms with Crippen LogP contribution < -0.4 is 0 Å². The van der Waals surface area contributed by atoms with Crippen molar-refractivity contribution >= 4 is 5.97 Å². The summed E-state index contributed by atoms with van der Waals surface area (Å²) in [5.41, 5.74) is 0.0472. The molecule has 86 valence electrons. The first-order valence-electron chi connectivity index (χ1n) is 4.88. The molecule has 5 heteroatoms. The van der Waals surface area contributed by atoms with Crippen LogP contribution in [0.15, 0.2) is 36.7 Å². The molecule has 1 heterocycles. The van der Waals surface area contributed by atoms with Crippen molar-refractivity contribution in [3.8, 4) is 11.4 Å². The molecular formula is C12H9FN2O2. The molecule has 0 saturated heterocycles. The Hall–Kier alpha value is -2.30. The van der Waals surface area contributed by atoms with Crippen molar-refractivity contribution in [3.63, 3.8) is 0 Å². The molecule has 2 rings (SSSR count). The standard InChI is InChI=1S/C12H9FN2O2/c1-17-12(16)9-5-2-4-8(10(9)13)11-14-6-3-7-15-11/h2-7H,1H3. The van der Waals surface area contributed by atoms with Gasteiger partial charge >= 0.3 is 5.97 Å². The average molecular weight is 232 g/mol. The van der Waals surface area contributed by atoms with Gasteiger partial charge in [0.05, 0.1) is 18.2 Å². The highest BCUT2D eigenvalue weighted by Crippen LogP contribution is 2.21. The minimum absolute atomic E-state index is 0.127. The molecule has 0 atom stereocenters. The Balaban J connectivity index is 2.54. The van der Waals surface area contributed by atoms with E-state index in [0.717, 1.165) is 0 Å². The largest absolute Gasteiger partial charge is 0.465 e. The summed E-state index contributed by atoms with van der Waals surface area (Å²) < 4.78 is 18.5. The smallest absolute Gasteiger partial charge is 0.340 e. The van der Waals surface area contributed by atoms with Gasteiger partial charge in [0.25, 0.3) is 0 Å². The number of halogens is 1. The molecule has 0 bridgehead atoms. The minimum Gasteiger partial charge on any atom is -0.465 e. The third kappa shape index (κ3) is 2.13. The quantitative estimate of drug-likeness (QED) is 0.744. The Morgan fingerprint density at radius 2 is 1.94 bits per heavy atom. The van der Waals surface area contributed by atoms with Crippen molar-refractivity contribution in [2.75, 3.05) is 7.11 Å². The fraction of sp³-hybridized carbons (Fsp3) is 0.0833. The van der Waals surface area contributed by atoms with Crippen molar-refractivity contribution in [1.29, 1.82) is 0 Å². The van der Waals surface area contributed by atoms with Gasteiger partial charge in [-0.3, -0.25) is 0 Å². The number of benzene rings is 1. The molecule has 0 aliphatic carbocycles. The second-order valence-electron chi connectivity index (χ2n) is 3.23. The predicted octanol–water partition coefficient (Wildman–Crippen LogP) is 2.07. The van der Waals surface area contributed by atoms with Gasteiger partial charge in [0.2, 0.25) is 0 Å². The van der Waals surface area contributed by atoms with Crippen LogP contribution in [0.2, 0.25) is 0 Å². The fourth-order valence-electron chi connectivity index (χ4n) is 1.41. The summed E-state index contributed by atoms with van der Waals surface area (Å²) >= 11 is 0. The van der Waals surface area contributed by atoms with Gasteiger partial charge < -0.3 is 4.74 Å². The van der Waals surface area contributed by atoms with E-state index in [1.54, 1.807) is 12.1 Å². The summed E-state index contributed by atoms with van der Waals surface area (Å²) in [6, 6.07) is 6.05. The second kappa shape index (κ2) is 4.69. The first kappa shape index (κ1) is 11.2. The van der Waals surface area contributed by atoms with Crippen LogP contribution in [0.3, 0.4) is 0 Å². The van der Waals surface area contributed by atoms with E-state index in [4.69, 9.17) is 0 Å². The van der Waals surface area contributed by atoms with Crippen LogP contribution in [-0.4, -0.2) is 23.0 Å². The van der Waals surface area contributed by atoms with E-state index < -0.39 is 11.8 Å². The maximum Gasteiger partial charge on any atom is 0.340 e. The number of carbonyl (C=O) groups is 1. The molecule has 4 nitrogen and oxygen atoms in total. The van der Waals surface area contributed by atoms with E-state index in [2.05, 4.69) is 14.7 Å². The topological polar surface area (TPSA) is 52.1 Å². The van der Waals surface area contributed by atoms with Gasteiger partial charge in [0.15, 0.2) is 5.82 Å². The zero-order valence-electron chi connectivity index (χ0n) is 9.05. The van der Waals surface area contributed by atoms with E-state index in [1.807, 2.05) is 0 Å². The number of hydrogen-bond acceptors (Lipinski definition) is 4. The molecule has 17 heavy (non-hydrogen) atoms. The Morgan fingerprint density at radius 1 is 1.24 bits per heavy atom. The van der Waals surface area contributed by atoms with Gasteiger partial charge in [-0.15, -0.1) is 0 Å². The van der Waals surface area contributed by atoms with Crippen LogP contribution in [0.25, 0.3) is 11.4 Å². The Labute approximate surface area is 97.1 Å². The lowest BCUT2D eigenvalue weighted by Crippen LogP contribution is -2.05. The highest BCUT2D eigenvalue weighted by molar-refractivity contribution is 5.91. The SMILES string of the molecule is COC(=O)c1cccc(-c2ncccn2)c1F. The van der Waals surface area contributed by atoms with Crippen LogP contribution in [-0.2, 0) is 4.74 Å². The lowest BCUT2D eigenvalue weighted by Gasteiger charge is -2.05. The molecule has 0 radical (unpaired) electrons. The van der Waals surface area contributed by atoms with Crippen LogP contribution in [0.5, 0.6) is 0 Å². The van der Waals surface area contributed by atoms with Crippen LogP contribution >= 0.6 is 0 Å². The summed E-state index contributed by atoms with van der Waals surface area (Å²) in [6.45, 7) is 0. The fourth-order valence-corrected chi connectivity index (χ4v) is 1.41. The van der Waals surface area contributed by atoms with Crippen molar-refractivity contribution < 1.29 is 13.9 Å². The normalized spacial score (nSPS) is 10.0. The van der Waals surface area contributed by atoms with Gasteiger partial charge in [-0.25, -0.2) is 19.2 Å². The highest BCUT2D eigenvalue weighted by Gasteiger charge is 2.17. The van der Waals surface area contributed by atoms with Crippen molar-refractivity contribution in [1.82, 2.24) is 9.97 Å². The summed E-state index contributed by atoms with van der Waals surface area (Å²) in [6.07, 6.45) is 3.01. The highest BCUT2D eigenvalue weighted by atomic mass is 19.1. The molecule has 0 aliphatic rings. The van der Waals surface area contributed by atoms with Gasteiger partial charge in [-0.2, -0.15) is 0 Å². The summed E-state index contributed by atoms with van der Waals surface area (Å²) in [7, 11) is 1.20. The third-order valence-corrected chi connectivity index (χ3v) is 2.21. The number of nitrogens with zero attached hydrogens (tertiary/aromatic N) is 2. The number of aromatic nitrogens is 2. The first-order chi connectivity index (χ1) is 8.24. The number of ether oxygens (including phenoxy) is 1. The maximum absolute atomic E-state index is 14.0. The number of rotatable bonds is 2. The zero-order valence-corrected chi connectivity index (χ0v) is 9.05. The summed E-state index contributed by atoms with van der Waals surface area (Å²) in [4.78, 5) is 19.2. The lowest BCUT2D eigenvalue weighted by atomic mass is 10.1. The average Bonchev–Trinajstić information content (AvgIpc) is 2.39. The molecule has 2 aromatic rings. The summed E-state index contributed by atoms with van der Waals surface area (Å²) in [5.74, 6) is -1.17. The van der Waals surface area contributed by atoms with Crippen LogP contribution in [0.4, 0.5) is 4.39 Å². The van der Waals surface area contributed by atoms with E-state index in [9.17, 15) is 9.18 Å². The maximum atomic E-state index is 14.0. The van der Waals surface area contributed by atoms with Gasteiger partial charge in [0, 0.05) is 12.4 Å². The molecular weight excluding hydrogens is 223 g/mol. The zero-order chi connectivity index (χ0) is 12.3. The first-order valence-corrected chi connectivity index (χ1v) is 4.88. The van der Waals surface area contributed by atoms with Crippen molar-refractivity contribution in [2.45, 2.75) is 0 Å². The van der Waals surface area contributed by atoms with E-state index in [1.165, 1.54) is 31.6 Å². The van der Waals surface area contributed by atoms with Gasteiger partial charge in [-0.1, -0.05) is 6.07 Å². The minimum atomic E-state index is -0.722. The monoisotopic (exact) mass is 232 g/mol. The molecule has 0 saturated carbocycles. The number of hydrogen-bond donors (Lipinski definition) is 0. The molecule has 0 fully saturated rings. The molecule has 0 spiro atoms. The van der Waals surface area contributed by atoms with Gasteiger partial charge in [0.1, 0.15) is 5.82 Å². The van der Waals surface area contributed by atoms with Gasteiger partial charge in [-0.05, 0) is 18.2 Å². The Kier molecular flexibility index (Phi) is 3.09. The molecule has 1 aromatic heterocycles. The molecule has 0 amide bonds. The van der Waals surface area contributed by atoms with Crippen molar-refractivity contribution in [2.24, 2.45) is 0 Å². The number of esters is 1. The molecule has 1 aromatic carbocycles. The molecule has 0 unspecified atom stereocenters. The van der Waals surface area contributed by atoms with E-state index in [0.29, 0.717) is 0 Å². The Bertz CT molecular complexity index is 543. The van der Waals surface area contributed by atoms with E-state index >= 15 is 0 Å². The lowest BCUT2D eigenvalue weighted by molar-refractivity contribution is 0.0595. The predicted molar refractivity (Wildman–Crippen MR) is 58.8 cm³/mol.